The molecule has 0 N–H and O–H groups in total. The lowest BCUT2D eigenvalue weighted by atomic mass is 10.2. The molecule has 1 amide bonds. The fourth-order valence-corrected chi connectivity index (χ4v) is 3.79. The van der Waals surface area contributed by atoms with Gasteiger partial charge in [0.25, 0.3) is 5.91 Å². The van der Waals surface area contributed by atoms with E-state index in [0.717, 1.165) is 35.1 Å². The number of hydrogen-bond donors (Lipinski definition) is 0. The molecule has 0 aliphatic carbocycles. The van der Waals surface area contributed by atoms with Gasteiger partial charge in [-0.05, 0) is 38.8 Å². The smallest absolute Gasteiger partial charge is 0.273 e. The van der Waals surface area contributed by atoms with Crippen molar-refractivity contribution in [2.45, 2.75) is 32.8 Å². The summed E-state index contributed by atoms with van der Waals surface area (Å²) in [6, 6.07) is 9.66. The van der Waals surface area contributed by atoms with Crippen LogP contribution in [0.3, 0.4) is 0 Å². The maximum Gasteiger partial charge on any atom is 0.273 e. The first-order valence-corrected chi connectivity index (χ1v) is 9.48. The second-order valence-electron chi connectivity index (χ2n) is 6.19. The Kier molecular flexibility index (Phi) is 6.04. The molecule has 1 aliphatic heterocycles. The highest BCUT2D eigenvalue weighted by atomic mass is 32.1. The fourth-order valence-electron chi connectivity index (χ4n) is 2.98. The highest BCUT2D eigenvalue weighted by molar-refractivity contribution is 7.11. The van der Waals surface area contributed by atoms with Gasteiger partial charge in [-0.2, -0.15) is 0 Å². The van der Waals surface area contributed by atoms with Crippen molar-refractivity contribution >= 4 is 17.2 Å². The van der Waals surface area contributed by atoms with Crippen molar-refractivity contribution in [1.82, 2.24) is 9.88 Å². The Hall–Kier alpha value is -1.92. The van der Waals surface area contributed by atoms with E-state index in [4.69, 9.17) is 9.47 Å². The van der Waals surface area contributed by atoms with Crippen LogP contribution in [0.5, 0.6) is 5.75 Å². The van der Waals surface area contributed by atoms with Crippen LogP contribution in [-0.4, -0.2) is 48.2 Å². The monoisotopic (exact) mass is 360 g/mol. The number of ether oxygens (including phenoxy) is 2. The second-order valence-corrected chi connectivity index (χ2v) is 7.59. The molecular formula is C19H24N2O3S. The Morgan fingerprint density at radius 1 is 1.36 bits per heavy atom. The molecule has 0 spiro atoms. The number of thiazole rings is 1. The molecule has 6 heteroatoms. The van der Waals surface area contributed by atoms with Crippen molar-refractivity contribution in [2.24, 2.45) is 0 Å². The molecule has 5 nitrogen and oxygen atoms in total. The number of hydrogen-bond acceptors (Lipinski definition) is 5. The topological polar surface area (TPSA) is 51.7 Å². The number of rotatable bonds is 7. The predicted molar refractivity (Wildman–Crippen MR) is 98.4 cm³/mol. The Balaban J connectivity index is 1.65. The molecule has 1 atom stereocenters. The summed E-state index contributed by atoms with van der Waals surface area (Å²) in [5, 5.41) is 0.915. The molecule has 0 radical (unpaired) electrons. The Labute approximate surface area is 152 Å². The summed E-state index contributed by atoms with van der Waals surface area (Å²) < 4.78 is 11.5. The van der Waals surface area contributed by atoms with Crippen molar-refractivity contribution in [2.75, 3.05) is 26.3 Å². The highest BCUT2D eigenvalue weighted by Gasteiger charge is 2.26. The minimum atomic E-state index is -0.0333. The van der Waals surface area contributed by atoms with Gasteiger partial charge in [-0.25, -0.2) is 4.98 Å². The normalized spacial score (nSPS) is 16.8. The van der Waals surface area contributed by atoms with E-state index in [-0.39, 0.29) is 12.0 Å². The maximum absolute atomic E-state index is 13.0. The number of carbonyl (C=O) groups is 1. The van der Waals surface area contributed by atoms with Gasteiger partial charge in [0.15, 0.2) is 0 Å². The van der Waals surface area contributed by atoms with Gasteiger partial charge in [-0.1, -0.05) is 18.2 Å². The fraction of sp³-hybridized carbons (Fsp3) is 0.474. The molecule has 134 valence electrons. The molecule has 0 bridgehead atoms. The van der Waals surface area contributed by atoms with Gasteiger partial charge in [0.2, 0.25) is 0 Å². The number of carbonyl (C=O) groups excluding carboxylic acids is 1. The number of aromatic nitrogens is 1. The predicted octanol–water partition coefficient (Wildman–Crippen LogP) is 3.46. The number of benzene rings is 1. The van der Waals surface area contributed by atoms with Gasteiger partial charge in [-0.3, -0.25) is 4.79 Å². The van der Waals surface area contributed by atoms with Crippen LogP contribution in [0.25, 0.3) is 0 Å². The highest BCUT2D eigenvalue weighted by Crippen LogP contribution is 2.20. The first-order chi connectivity index (χ1) is 12.1. The molecule has 1 aliphatic rings. The van der Waals surface area contributed by atoms with Crippen molar-refractivity contribution in [3.8, 4) is 5.75 Å². The van der Waals surface area contributed by atoms with E-state index >= 15 is 0 Å². The molecule has 0 unspecified atom stereocenters. The summed E-state index contributed by atoms with van der Waals surface area (Å²) in [4.78, 5) is 20.2. The first-order valence-electron chi connectivity index (χ1n) is 8.66. The molecule has 0 saturated carbocycles. The quantitative estimate of drug-likeness (QED) is 0.759. The lowest BCUT2D eigenvalue weighted by Crippen LogP contribution is -2.40. The van der Waals surface area contributed by atoms with Crippen LogP contribution in [0.2, 0.25) is 0 Å². The van der Waals surface area contributed by atoms with Gasteiger partial charge in [-0.15, -0.1) is 11.3 Å². The summed E-state index contributed by atoms with van der Waals surface area (Å²) in [6.07, 6.45) is 2.17. The van der Waals surface area contributed by atoms with E-state index in [1.807, 2.05) is 49.1 Å². The zero-order valence-corrected chi connectivity index (χ0v) is 15.6. The third-order valence-electron chi connectivity index (χ3n) is 4.21. The molecular weight excluding hydrogens is 336 g/mol. The van der Waals surface area contributed by atoms with E-state index < -0.39 is 0 Å². The summed E-state index contributed by atoms with van der Waals surface area (Å²) in [5.41, 5.74) is 0.556. The van der Waals surface area contributed by atoms with Gasteiger partial charge in [0, 0.05) is 18.0 Å². The van der Waals surface area contributed by atoms with E-state index in [0.29, 0.717) is 25.4 Å². The molecule has 1 fully saturated rings. The molecule has 1 aromatic heterocycles. The molecule has 1 saturated heterocycles. The first kappa shape index (κ1) is 17.9. The SMILES string of the molecule is Cc1nc(C(=O)N(CCOc2ccccc2)C[C@H]2CCCO2)c(C)s1. The number of amides is 1. The number of aryl methyl sites for hydroxylation is 2. The van der Waals surface area contributed by atoms with Crippen molar-refractivity contribution < 1.29 is 14.3 Å². The van der Waals surface area contributed by atoms with E-state index in [1.54, 1.807) is 11.3 Å². The molecule has 25 heavy (non-hydrogen) atoms. The van der Waals surface area contributed by atoms with Crippen LogP contribution < -0.4 is 4.74 Å². The maximum atomic E-state index is 13.0. The Morgan fingerprint density at radius 3 is 2.80 bits per heavy atom. The largest absolute Gasteiger partial charge is 0.492 e. The van der Waals surface area contributed by atoms with Crippen LogP contribution in [0.4, 0.5) is 0 Å². The van der Waals surface area contributed by atoms with Gasteiger partial charge in [0.05, 0.1) is 17.7 Å². The van der Waals surface area contributed by atoms with Crippen LogP contribution in [0, 0.1) is 13.8 Å². The summed E-state index contributed by atoms with van der Waals surface area (Å²) >= 11 is 1.56. The molecule has 2 aromatic rings. The van der Waals surface area contributed by atoms with Crippen LogP contribution >= 0.6 is 11.3 Å². The lowest BCUT2D eigenvalue weighted by Gasteiger charge is -2.25. The van der Waals surface area contributed by atoms with E-state index in [2.05, 4.69) is 4.98 Å². The van der Waals surface area contributed by atoms with Crippen LogP contribution in [0.1, 0.15) is 33.2 Å². The van der Waals surface area contributed by atoms with E-state index in [1.165, 1.54) is 0 Å². The molecule has 3 rings (SSSR count). The van der Waals surface area contributed by atoms with Crippen LogP contribution in [-0.2, 0) is 4.74 Å². The van der Waals surface area contributed by atoms with Crippen LogP contribution in [0.15, 0.2) is 30.3 Å². The standard InChI is InChI=1S/C19H24N2O3S/c1-14-18(20-15(2)25-14)19(22)21(13-17-9-6-11-23-17)10-12-24-16-7-4-3-5-8-16/h3-5,7-8,17H,6,9-13H2,1-2H3/t17-/m1/s1. The second kappa shape index (κ2) is 8.45. The zero-order chi connectivity index (χ0) is 17.6. The van der Waals surface area contributed by atoms with Gasteiger partial charge in [0.1, 0.15) is 18.1 Å². The lowest BCUT2D eigenvalue weighted by molar-refractivity contribution is 0.0489. The van der Waals surface area contributed by atoms with Crippen molar-refractivity contribution in [3.63, 3.8) is 0 Å². The average molecular weight is 360 g/mol. The minimum Gasteiger partial charge on any atom is -0.492 e. The van der Waals surface area contributed by atoms with E-state index in [9.17, 15) is 4.79 Å². The summed E-state index contributed by atoms with van der Waals surface area (Å²) in [6.45, 7) is 6.21. The Bertz CT molecular complexity index is 696. The third-order valence-corrected chi connectivity index (χ3v) is 5.10. The number of para-hydroxylation sites is 1. The third kappa shape index (κ3) is 4.80. The van der Waals surface area contributed by atoms with Crippen molar-refractivity contribution in [1.29, 1.82) is 0 Å². The summed E-state index contributed by atoms with van der Waals surface area (Å²) in [7, 11) is 0. The summed E-state index contributed by atoms with van der Waals surface area (Å²) in [5.74, 6) is 0.779. The van der Waals surface area contributed by atoms with Crippen molar-refractivity contribution in [3.05, 3.63) is 45.9 Å². The van der Waals surface area contributed by atoms with Gasteiger partial charge < -0.3 is 14.4 Å². The zero-order valence-electron chi connectivity index (χ0n) is 14.7. The number of nitrogens with zero attached hydrogens (tertiary/aromatic N) is 2. The minimum absolute atomic E-state index is 0.0333. The molecule has 1 aromatic carbocycles. The molecule has 2 heterocycles. The van der Waals surface area contributed by atoms with Gasteiger partial charge >= 0.3 is 0 Å². The average Bonchev–Trinajstić information content (AvgIpc) is 3.23. The Morgan fingerprint density at radius 2 is 2.16 bits per heavy atom.